The van der Waals surface area contributed by atoms with Gasteiger partial charge in [-0.1, -0.05) is 127 Å². The maximum Gasteiger partial charge on any atom is 0.330 e. The molecule has 4 aromatic carbocycles. The zero-order valence-electron chi connectivity index (χ0n) is 23.0. The lowest BCUT2D eigenvalue weighted by Gasteiger charge is -2.29. The van der Waals surface area contributed by atoms with Crippen molar-refractivity contribution in [2.75, 3.05) is 6.61 Å². The highest BCUT2D eigenvalue weighted by atomic mass is 16.5. The third kappa shape index (κ3) is 7.44. The molecule has 4 rings (SSSR count). The Morgan fingerprint density at radius 1 is 0.659 bits per heavy atom. The lowest BCUT2D eigenvalue weighted by atomic mass is 9.72. The minimum Gasteiger partial charge on any atom is -0.463 e. The summed E-state index contributed by atoms with van der Waals surface area (Å²) >= 11 is 0. The molecule has 4 aromatic rings. The zero-order valence-corrected chi connectivity index (χ0v) is 23.0. The van der Waals surface area contributed by atoms with Gasteiger partial charge in [-0.15, -0.1) is 0 Å². The highest BCUT2D eigenvalue weighted by molar-refractivity contribution is 5.82. The van der Waals surface area contributed by atoms with E-state index in [0.29, 0.717) is 6.61 Å². The summed E-state index contributed by atoms with van der Waals surface area (Å²) in [5, 5.41) is 18.4. The first-order chi connectivity index (χ1) is 20.1. The van der Waals surface area contributed by atoms with Gasteiger partial charge in [0, 0.05) is 6.08 Å². The Hall–Kier alpha value is -5.26. The molecule has 0 aliphatic heterocycles. The molecule has 0 aromatic heterocycles. The number of hydrogen-bond acceptors (Lipinski definition) is 5. The fourth-order valence-corrected chi connectivity index (χ4v) is 4.76. The minimum absolute atomic E-state index is 0.143. The second-order valence-corrected chi connectivity index (χ2v) is 9.28. The molecule has 0 amide bonds. The fourth-order valence-electron chi connectivity index (χ4n) is 4.76. The summed E-state index contributed by atoms with van der Waals surface area (Å²) in [5.41, 5.74) is 2.10. The summed E-state index contributed by atoms with van der Waals surface area (Å²) in [6, 6.07) is 42.7. The molecule has 0 spiro atoms. The molecule has 0 radical (unpaired) electrons. The summed E-state index contributed by atoms with van der Waals surface area (Å²) in [6.07, 6.45) is 4.45. The van der Waals surface area contributed by atoms with Crippen molar-refractivity contribution in [3.8, 4) is 12.1 Å². The van der Waals surface area contributed by atoms with Gasteiger partial charge in [-0.2, -0.15) is 10.5 Å². The van der Waals surface area contributed by atoms with Crippen LogP contribution in [0.3, 0.4) is 0 Å². The van der Waals surface area contributed by atoms with E-state index >= 15 is 0 Å². The molecule has 5 nitrogen and oxygen atoms in total. The van der Waals surface area contributed by atoms with Gasteiger partial charge in [0.05, 0.1) is 42.4 Å². The first-order valence-electron chi connectivity index (χ1n) is 13.3. The van der Waals surface area contributed by atoms with Gasteiger partial charge in [0.2, 0.25) is 0 Å². The molecule has 0 aliphatic carbocycles. The van der Waals surface area contributed by atoms with Crippen molar-refractivity contribution >= 4 is 12.3 Å². The Kier molecular flexibility index (Phi) is 11.3. The molecule has 0 aliphatic rings. The quantitative estimate of drug-likeness (QED) is 0.122. The largest absolute Gasteiger partial charge is 0.463 e. The lowest BCUT2D eigenvalue weighted by molar-refractivity contribution is -0.137. The Morgan fingerprint density at radius 2 is 1.00 bits per heavy atom. The van der Waals surface area contributed by atoms with Crippen molar-refractivity contribution in [1.82, 2.24) is 0 Å². The second-order valence-electron chi connectivity index (χ2n) is 9.28. The number of nitrogens with zero attached hydrogens (tertiary/aromatic N) is 2. The number of carbonyl (C=O) groups excluding carboxylic acids is 2. The number of aldehydes is 1. The smallest absolute Gasteiger partial charge is 0.330 e. The van der Waals surface area contributed by atoms with Crippen molar-refractivity contribution in [3.05, 3.63) is 156 Å². The molecule has 0 saturated heterocycles. The standard InChI is InChI=1S/C20H19NO2.C16H13NO/c1-2-23-19(22)13-14-20(15-16-21,17-9-5-3-6-10-17)18-11-7-4-8-12-18;17-12-11-16(13-18,14-7-3-1-4-8-14)15-9-5-2-6-10-15/h3-14H,2,15H2,1H3;1-10,13H,11H2/b14-13+;. The van der Waals surface area contributed by atoms with Crippen molar-refractivity contribution in [1.29, 1.82) is 10.5 Å². The van der Waals surface area contributed by atoms with Gasteiger partial charge in [-0.25, -0.2) is 4.79 Å². The third-order valence-corrected chi connectivity index (χ3v) is 6.86. The number of benzene rings is 4. The van der Waals surface area contributed by atoms with Crippen LogP contribution < -0.4 is 0 Å². The monoisotopic (exact) mass is 540 g/mol. The van der Waals surface area contributed by atoms with Crippen LogP contribution in [-0.2, 0) is 25.2 Å². The van der Waals surface area contributed by atoms with Crippen LogP contribution in [0.4, 0.5) is 0 Å². The molecule has 0 atom stereocenters. The molecule has 0 fully saturated rings. The van der Waals surface area contributed by atoms with E-state index in [1.165, 1.54) is 6.08 Å². The molecule has 0 heterocycles. The maximum atomic E-state index is 11.8. The Morgan fingerprint density at radius 3 is 1.32 bits per heavy atom. The molecule has 0 unspecified atom stereocenters. The Balaban J connectivity index is 0.000000232. The highest BCUT2D eigenvalue weighted by Crippen LogP contribution is 2.37. The number of nitriles is 2. The first kappa shape index (κ1) is 30.3. The van der Waals surface area contributed by atoms with Crippen LogP contribution >= 0.6 is 0 Å². The van der Waals surface area contributed by atoms with Crippen molar-refractivity contribution in [2.45, 2.75) is 30.6 Å². The highest BCUT2D eigenvalue weighted by Gasteiger charge is 2.34. The van der Waals surface area contributed by atoms with E-state index in [1.807, 2.05) is 121 Å². The third-order valence-electron chi connectivity index (χ3n) is 6.86. The molecule has 41 heavy (non-hydrogen) atoms. The molecular formula is C36H32N2O3. The molecule has 5 heteroatoms. The fraction of sp³-hybridized carbons (Fsp3) is 0.167. The van der Waals surface area contributed by atoms with Gasteiger partial charge in [-0.3, -0.25) is 0 Å². The molecule has 0 saturated carbocycles. The van der Waals surface area contributed by atoms with E-state index in [2.05, 4.69) is 12.1 Å². The van der Waals surface area contributed by atoms with Gasteiger partial charge in [0.25, 0.3) is 0 Å². The summed E-state index contributed by atoms with van der Waals surface area (Å²) in [4.78, 5) is 23.4. The molecule has 204 valence electrons. The van der Waals surface area contributed by atoms with Crippen LogP contribution in [0, 0.1) is 22.7 Å². The van der Waals surface area contributed by atoms with Gasteiger partial charge in [0.1, 0.15) is 6.29 Å². The Labute approximate surface area is 242 Å². The summed E-state index contributed by atoms with van der Waals surface area (Å²) < 4.78 is 4.98. The number of rotatable bonds is 10. The van der Waals surface area contributed by atoms with E-state index < -0.39 is 16.8 Å². The van der Waals surface area contributed by atoms with Crippen LogP contribution in [0.25, 0.3) is 0 Å². The average Bonchev–Trinajstić information content (AvgIpc) is 3.04. The van der Waals surface area contributed by atoms with Crippen molar-refractivity contribution in [2.24, 2.45) is 0 Å². The summed E-state index contributed by atoms with van der Waals surface area (Å²) in [7, 11) is 0. The average molecular weight is 541 g/mol. The van der Waals surface area contributed by atoms with E-state index in [1.54, 1.807) is 13.0 Å². The van der Waals surface area contributed by atoms with Gasteiger partial charge >= 0.3 is 5.97 Å². The maximum absolute atomic E-state index is 11.8. The van der Waals surface area contributed by atoms with Gasteiger partial charge < -0.3 is 9.53 Å². The van der Waals surface area contributed by atoms with Crippen LogP contribution in [0.1, 0.15) is 42.0 Å². The minimum atomic E-state index is -0.864. The normalized spacial score (nSPS) is 10.9. The van der Waals surface area contributed by atoms with Crippen molar-refractivity contribution < 1.29 is 14.3 Å². The number of carbonyl (C=O) groups is 2. The number of allylic oxidation sites excluding steroid dienone is 1. The van der Waals surface area contributed by atoms with E-state index in [4.69, 9.17) is 10.00 Å². The predicted molar refractivity (Wildman–Crippen MR) is 160 cm³/mol. The molecule has 0 bridgehead atoms. The number of ether oxygens (including phenoxy) is 1. The van der Waals surface area contributed by atoms with E-state index in [9.17, 15) is 14.9 Å². The van der Waals surface area contributed by atoms with Crippen LogP contribution in [0.5, 0.6) is 0 Å². The zero-order chi connectivity index (χ0) is 29.4. The number of hydrogen-bond donors (Lipinski definition) is 0. The summed E-state index contributed by atoms with van der Waals surface area (Å²) in [5.74, 6) is -0.401. The van der Waals surface area contributed by atoms with Crippen LogP contribution in [0.15, 0.2) is 133 Å². The topological polar surface area (TPSA) is 90.9 Å². The summed E-state index contributed by atoms with van der Waals surface area (Å²) in [6.45, 7) is 2.09. The number of esters is 1. The predicted octanol–water partition coefficient (Wildman–Crippen LogP) is 7.09. The second kappa shape index (κ2) is 15.4. The lowest BCUT2D eigenvalue weighted by Crippen LogP contribution is -2.29. The first-order valence-corrected chi connectivity index (χ1v) is 13.3. The van der Waals surface area contributed by atoms with E-state index in [-0.39, 0.29) is 12.8 Å². The molecule has 0 N–H and O–H groups in total. The van der Waals surface area contributed by atoms with Crippen LogP contribution in [-0.4, -0.2) is 18.9 Å². The SMILES string of the molecule is CCOC(=O)/C=C/C(CC#N)(c1ccccc1)c1ccccc1.N#CCC(C=O)(c1ccccc1)c1ccccc1. The van der Waals surface area contributed by atoms with Gasteiger partial charge in [-0.05, 0) is 29.2 Å². The van der Waals surface area contributed by atoms with E-state index in [0.717, 1.165) is 28.5 Å². The van der Waals surface area contributed by atoms with Crippen molar-refractivity contribution in [3.63, 3.8) is 0 Å². The Bertz CT molecular complexity index is 1410. The molecular weight excluding hydrogens is 508 g/mol. The van der Waals surface area contributed by atoms with Crippen LogP contribution in [0.2, 0.25) is 0 Å². The van der Waals surface area contributed by atoms with Gasteiger partial charge in [0.15, 0.2) is 0 Å².